The number of hydrogen-bond acceptors (Lipinski definition) is 3. The second kappa shape index (κ2) is 3.74. The first-order valence-electron chi connectivity index (χ1n) is 5.14. The summed E-state index contributed by atoms with van der Waals surface area (Å²) >= 11 is 0. The molecule has 1 N–H and O–H groups in total. The van der Waals surface area contributed by atoms with Gasteiger partial charge in [0.05, 0.1) is 19.8 Å². The van der Waals surface area contributed by atoms with Crippen LogP contribution in [0.15, 0.2) is 18.2 Å². The number of aliphatic hydroxyl groups is 1. The number of benzene rings is 1. The normalized spacial score (nSPS) is 18.1. The minimum absolute atomic E-state index is 0.665. The number of rotatable bonds is 3. The van der Waals surface area contributed by atoms with Gasteiger partial charge in [0, 0.05) is 6.07 Å². The molecule has 0 radical (unpaired) electrons. The van der Waals surface area contributed by atoms with Crippen molar-refractivity contribution in [3.63, 3.8) is 0 Å². The van der Waals surface area contributed by atoms with Gasteiger partial charge in [-0.2, -0.15) is 0 Å². The zero-order chi connectivity index (χ0) is 10.9. The molecular weight excluding hydrogens is 192 g/mol. The van der Waals surface area contributed by atoms with Crippen molar-refractivity contribution < 1.29 is 14.6 Å². The first kappa shape index (κ1) is 10.3. The van der Waals surface area contributed by atoms with E-state index in [0.29, 0.717) is 0 Å². The first-order chi connectivity index (χ1) is 7.18. The molecule has 0 amide bonds. The minimum atomic E-state index is -0.665. The molecule has 0 aliphatic heterocycles. The molecule has 3 heteroatoms. The average Bonchev–Trinajstić information content (AvgIpc) is 2.25. The van der Waals surface area contributed by atoms with Gasteiger partial charge in [0.15, 0.2) is 0 Å². The third-order valence-electron chi connectivity index (χ3n) is 3.07. The van der Waals surface area contributed by atoms with Gasteiger partial charge in [0.1, 0.15) is 11.5 Å². The molecule has 1 aliphatic carbocycles. The summed E-state index contributed by atoms with van der Waals surface area (Å²) in [4.78, 5) is 0. The van der Waals surface area contributed by atoms with Crippen molar-refractivity contribution >= 4 is 0 Å². The number of hydrogen-bond donors (Lipinski definition) is 1. The van der Waals surface area contributed by atoms with Crippen molar-refractivity contribution in [2.24, 2.45) is 0 Å². The van der Waals surface area contributed by atoms with Crippen LogP contribution in [-0.2, 0) is 5.60 Å². The van der Waals surface area contributed by atoms with Gasteiger partial charge in [-0.1, -0.05) is 0 Å². The van der Waals surface area contributed by atoms with Crippen molar-refractivity contribution in [3.05, 3.63) is 23.8 Å². The summed E-state index contributed by atoms with van der Waals surface area (Å²) in [6.07, 6.45) is 2.72. The van der Waals surface area contributed by atoms with Crippen molar-refractivity contribution in [2.75, 3.05) is 14.2 Å². The van der Waals surface area contributed by atoms with Crippen LogP contribution in [0.4, 0.5) is 0 Å². The van der Waals surface area contributed by atoms with Crippen LogP contribution in [0, 0.1) is 0 Å². The van der Waals surface area contributed by atoms with Crippen molar-refractivity contribution in [2.45, 2.75) is 24.9 Å². The lowest BCUT2D eigenvalue weighted by Gasteiger charge is -2.37. The van der Waals surface area contributed by atoms with E-state index < -0.39 is 5.60 Å². The van der Waals surface area contributed by atoms with Gasteiger partial charge in [-0.05, 0) is 37.0 Å². The van der Waals surface area contributed by atoms with Gasteiger partial charge in [0.2, 0.25) is 0 Å². The molecule has 1 aliphatic rings. The molecule has 1 aromatic carbocycles. The fourth-order valence-electron chi connectivity index (χ4n) is 1.88. The maximum absolute atomic E-state index is 10.2. The molecule has 1 aromatic rings. The van der Waals surface area contributed by atoms with Crippen LogP contribution in [0.5, 0.6) is 11.5 Å². The highest BCUT2D eigenvalue weighted by Gasteiger charge is 2.36. The summed E-state index contributed by atoms with van der Waals surface area (Å²) in [5, 5.41) is 10.2. The van der Waals surface area contributed by atoms with E-state index in [1.165, 1.54) is 0 Å². The van der Waals surface area contributed by atoms with Gasteiger partial charge in [-0.3, -0.25) is 0 Å². The molecule has 0 aromatic heterocycles. The molecule has 0 spiro atoms. The maximum atomic E-state index is 10.2. The van der Waals surface area contributed by atoms with Crippen LogP contribution in [0.25, 0.3) is 0 Å². The second-order valence-corrected chi connectivity index (χ2v) is 3.99. The quantitative estimate of drug-likeness (QED) is 0.826. The molecule has 2 rings (SSSR count). The Labute approximate surface area is 89.6 Å². The van der Waals surface area contributed by atoms with Crippen molar-refractivity contribution in [1.29, 1.82) is 0 Å². The van der Waals surface area contributed by atoms with Gasteiger partial charge >= 0.3 is 0 Å². The average molecular weight is 208 g/mol. The Morgan fingerprint density at radius 2 is 1.60 bits per heavy atom. The number of methoxy groups -OCH3 is 2. The summed E-state index contributed by atoms with van der Waals surface area (Å²) in [6, 6.07) is 5.56. The highest BCUT2D eigenvalue weighted by molar-refractivity contribution is 5.41. The van der Waals surface area contributed by atoms with E-state index in [2.05, 4.69) is 0 Å². The number of ether oxygens (including phenoxy) is 2. The fraction of sp³-hybridized carbons (Fsp3) is 0.500. The third-order valence-corrected chi connectivity index (χ3v) is 3.07. The molecule has 1 saturated carbocycles. The van der Waals surface area contributed by atoms with E-state index in [-0.39, 0.29) is 0 Å². The standard InChI is InChI=1S/C12H16O3/c1-14-10-6-9(7-11(8-10)15-2)12(13)4-3-5-12/h6-8,13H,3-5H2,1-2H3. The highest BCUT2D eigenvalue weighted by Crippen LogP contribution is 2.43. The second-order valence-electron chi connectivity index (χ2n) is 3.99. The monoisotopic (exact) mass is 208 g/mol. The third kappa shape index (κ3) is 1.79. The summed E-state index contributed by atoms with van der Waals surface area (Å²) in [6.45, 7) is 0. The molecule has 3 nitrogen and oxygen atoms in total. The van der Waals surface area contributed by atoms with Crippen LogP contribution in [-0.4, -0.2) is 19.3 Å². The molecule has 0 heterocycles. The lowest BCUT2D eigenvalue weighted by molar-refractivity contribution is -0.0390. The summed E-state index contributed by atoms with van der Waals surface area (Å²) in [7, 11) is 3.23. The largest absolute Gasteiger partial charge is 0.497 e. The molecule has 82 valence electrons. The van der Waals surface area contributed by atoms with E-state index in [4.69, 9.17) is 9.47 Å². The molecule has 0 unspecified atom stereocenters. The lowest BCUT2D eigenvalue weighted by atomic mass is 9.75. The van der Waals surface area contributed by atoms with Crippen LogP contribution in [0.3, 0.4) is 0 Å². The van der Waals surface area contributed by atoms with Crippen LogP contribution in [0.1, 0.15) is 24.8 Å². The summed E-state index contributed by atoms with van der Waals surface area (Å²) in [5.74, 6) is 1.45. The Hall–Kier alpha value is -1.22. The lowest BCUT2D eigenvalue weighted by Crippen LogP contribution is -2.33. The van der Waals surface area contributed by atoms with Crippen LogP contribution in [0.2, 0.25) is 0 Å². The predicted octanol–water partition coefficient (Wildman–Crippen LogP) is 2.08. The van der Waals surface area contributed by atoms with Crippen LogP contribution < -0.4 is 9.47 Å². The SMILES string of the molecule is COc1cc(OC)cc(C2(O)CCC2)c1. The zero-order valence-electron chi connectivity index (χ0n) is 9.12. The van der Waals surface area contributed by atoms with E-state index >= 15 is 0 Å². The van der Waals surface area contributed by atoms with E-state index in [9.17, 15) is 5.11 Å². The molecule has 15 heavy (non-hydrogen) atoms. The topological polar surface area (TPSA) is 38.7 Å². The predicted molar refractivity (Wildman–Crippen MR) is 57.3 cm³/mol. The molecule has 1 fully saturated rings. The molecular formula is C12H16O3. The summed E-state index contributed by atoms with van der Waals surface area (Å²) < 4.78 is 10.3. The molecule has 0 saturated heterocycles. The Morgan fingerprint density at radius 3 is 1.93 bits per heavy atom. The van der Waals surface area contributed by atoms with Gasteiger partial charge in [-0.15, -0.1) is 0 Å². The van der Waals surface area contributed by atoms with Crippen LogP contribution >= 0.6 is 0 Å². The van der Waals surface area contributed by atoms with E-state index in [0.717, 1.165) is 36.3 Å². The Balaban J connectivity index is 2.37. The maximum Gasteiger partial charge on any atom is 0.122 e. The molecule has 0 bridgehead atoms. The smallest absolute Gasteiger partial charge is 0.122 e. The Bertz CT molecular complexity index is 334. The van der Waals surface area contributed by atoms with Gasteiger partial charge < -0.3 is 14.6 Å². The van der Waals surface area contributed by atoms with Crippen molar-refractivity contribution in [1.82, 2.24) is 0 Å². The van der Waals surface area contributed by atoms with E-state index in [1.54, 1.807) is 14.2 Å². The van der Waals surface area contributed by atoms with E-state index in [1.807, 2.05) is 18.2 Å². The first-order valence-corrected chi connectivity index (χ1v) is 5.14. The Morgan fingerprint density at radius 1 is 1.07 bits per heavy atom. The molecule has 0 atom stereocenters. The minimum Gasteiger partial charge on any atom is -0.497 e. The fourth-order valence-corrected chi connectivity index (χ4v) is 1.88. The van der Waals surface area contributed by atoms with Gasteiger partial charge in [-0.25, -0.2) is 0 Å². The Kier molecular flexibility index (Phi) is 2.57. The van der Waals surface area contributed by atoms with Crippen molar-refractivity contribution in [3.8, 4) is 11.5 Å². The zero-order valence-corrected chi connectivity index (χ0v) is 9.12. The van der Waals surface area contributed by atoms with Gasteiger partial charge in [0.25, 0.3) is 0 Å². The highest BCUT2D eigenvalue weighted by atomic mass is 16.5. The summed E-state index contributed by atoms with van der Waals surface area (Å²) in [5.41, 5.74) is 0.229.